The molecule has 1 aliphatic carbocycles. The number of hydrazone groups is 1. The number of aryl methyl sites for hydroxylation is 1. The van der Waals surface area contributed by atoms with Crippen LogP contribution in [0, 0.1) is 0 Å². The van der Waals surface area contributed by atoms with Gasteiger partial charge in [-0.1, -0.05) is 18.2 Å². The third-order valence-corrected chi connectivity index (χ3v) is 3.76. The Morgan fingerprint density at radius 3 is 3.13 bits per heavy atom. The molecule has 0 bridgehead atoms. The number of ether oxygens (including phenoxy) is 1. The van der Waals surface area contributed by atoms with Crippen molar-refractivity contribution >= 4 is 18.2 Å². The van der Waals surface area contributed by atoms with Crippen molar-refractivity contribution in [3.05, 3.63) is 52.9 Å². The van der Waals surface area contributed by atoms with Gasteiger partial charge in [0.05, 0.1) is 7.11 Å². The van der Waals surface area contributed by atoms with Gasteiger partial charge in [0, 0.05) is 23.0 Å². The van der Waals surface area contributed by atoms with E-state index < -0.39 is 0 Å². The van der Waals surface area contributed by atoms with Crippen molar-refractivity contribution in [2.24, 2.45) is 5.10 Å². The highest BCUT2D eigenvalue weighted by Gasteiger charge is 2.22. The van der Waals surface area contributed by atoms with Gasteiger partial charge in [-0.05, 0) is 37.5 Å². The first-order valence-electron chi connectivity index (χ1n) is 7.49. The molecule has 0 fully saturated rings. The van der Waals surface area contributed by atoms with Crippen molar-refractivity contribution in [2.75, 3.05) is 7.11 Å². The van der Waals surface area contributed by atoms with Gasteiger partial charge in [0.25, 0.3) is 5.91 Å². The molecule has 0 aliphatic heterocycles. The van der Waals surface area contributed by atoms with Gasteiger partial charge in [-0.2, -0.15) is 10.2 Å². The Morgan fingerprint density at radius 2 is 2.26 bits per heavy atom. The number of benzene rings is 1. The predicted octanol–water partition coefficient (Wildman–Crippen LogP) is 2.34. The summed E-state index contributed by atoms with van der Waals surface area (Å²) in [5, 5.41) is 10.9. The van der Waals surface area contributed by atoms with Crippen LogP contribution in [0.4, 0.5) is 0 Å². The SMILES string of the molecule is COc1ccccc1/C=C/C=N/NC(=O)c1n[nH]c2c1CCC2. The zero-order valence-electron chi connectivity index (χ0n) is 12.9. The van der Waals surface area contributed by atoms with Crippen molar-refractivity contribution < 1.29 is 9.53 Å². The highest BCUT2D eigenvalue weighted by Crippen LogP contribution is 2.22. The van der Waals surface area contributed by atoms with Crippen molar-refractivity contribution in [3.8, 4) is 5.75 Å². The minimum Gasteiger partial charge on any atom is -0.496 e. The molecule has 1 aromatic carbocycles. The van der Waals surface area contributed by atoms with Crippen molar-refractivity contribution in [1.82, 2.24) is 15.6 Å². The van der Waals surface area contributed by atoms with E-state index in [4.69, 9.17) is 4.74 Å². The second-order valence-electron chi connectivity index (χ2n) is 5.20. The number of rotatable bonds is 5. The summed E-state index contributed by atoms with van der Waals surface area (Å²) in [6.45, 7) is 0. The number of aromatic amines is 1. The third-order valence-electron chi connectivity index (χ3n) is 3.76. The lowest BCUT2D eigenvalue weighted by molar-refractivity contribution is 0.0949. The van der Waals surface area contributed by atoms with Gasteiger partial charge in [0.15, 0.2) is 5.69 Å². The molecule has 1 aliphatic rings. The van der Waals surface area contributed by atoms with Crippen molar-refractivity contribution in [3.63, 3.8) is 0 Å². The van der Waals surface area contributed by atoms with Crippen LogP contribution < -0.4 is 10.2 Å². The van der Waals surface area contributed by atoms with E-state index in [1.807, 2.05) is 30.3 Å². The van der Waals surface area contributed by atoms with Crippen LogP contribution in [0.15, 0.2) is 35.4 Å². The van der Waals surface area contributed by atoms with Crippen LogP contribution in [-0.4, -0.2) is 29.4 Å². The Bertz CT molecular complexity index is 762. The number of carbonyl (C=O) groups excluding carboxylic acids is 1. The fourth-order valence-electron chi connectivity index (χ4n) is 2.65. The highest BCUT2D eigenvalue weighted by atomic mass is 16.5. The van der Waals surface area contributed by atoms with Crippen LogP contribution in [0.1, 0.15) is 33.7 Å². The Kier molecular flexibility index (Phi) is 4.52. The second kappa shape index (κ2) is 6.91. The van der Waals surface area contributed by atoms with Gasteiger partial charge in [-0.3, -0.25) is 9.89 Å². The van der Waals surface area contributed by atoms with E-state index in [0.717, 1.165) is 41.8 Å². The lowest BCUT2D eigenvalue weighted by Crippen LogP contribution is -2.19. The minimum atomic E-state index is -0.286. The molecule has 23 heavy (non-hydrogen) atoms. The zero-order chi connectivity index (χ0) is 16.1. The fraction of sp³-hybridized carbons (Fsp3) is 0.235. The Morgan fingerprint density at radius 1 is 1.39 bits per heavy atom. The highest BCUT2D eigenvalue weighted by molar-refractivity contribution is 5.94. The second-order valence-corrected chi connectivity index (χ2v) is 5.20. The molecular formula is C17H18N4O2. The van der Waals surface area contributed by atoms with E-state index >= 15 is 0 Å². The number of methoxy groups -OCH3 is 1. The average Bonchev–Trinajstić information content (AvgIpc) is 3.18. The summed E-state index contributed by atoms with van der Waals surface area (Å²) < 4.78 is 5.25. The van der Waals surface area contributed by atoms with Crippen LogP contribution in [0.25, 0.3) is 6.08 Å². The Labute approximate surface area is 134 Å². The maximum atomic E-state index is 12.0. The van der Waals surface area contributed by atoms with E-state index in [-0.39, 0.29) is 5.91 Å². The minimum absolute atomic E-state index is 0.286. The number of nitrogens with zero attached hydrogens (tertiary/aromatic N) is 2. The predicted molar refractivity (Wildman–Crippen MR) is 88.6 cm³/mol. The number of para-hydroxylation sites is 1. The maximum absolute atomic E-state index is 12.0. The first-order chi connectivity index (χ1) is 11.3. The van der Waals surface area contributed by atoms with Gasteiger partial charge in [0.1, 0.15) is 5.75 Å². The van der Waals surface area contributed by atoms with Gasteiger partial charge < -0.3 is 4.74 Å². The monoisotopic (exact) mass is 310 g/mol. The molecule has 0 unspecified atom stereocenters. The smallest absolute Gasteiger partial charge is 0.292 e. The average molecular weight is 310 g/mol. The number of amides is 1. The van der Waals surface area contributed by atoms with Gasteiger partial charge in [-0.25, -0.2) is 5.43 Å². The standard InChI is InChI=1S/C17H18N4O2/c1-23-15-10-3-2-6-12(15)7-5-11-18-21-17(22)16-13-8-4-9-14(13)19-20-16/h2-3,5-7,10-11H,4,8-9H2,1H3,(H,19,20)(H,21,22)/b7-5+,18-11+. The molecule has 2 aromatic rings. The molecule has 3 rings (SSSR count). The lowest BCUT2D eigenvalue weighted by Gasteiger charge is -2.02. The number of fused-ring (bicyclic) bond motifs is 1. The van der Waals surface area contributed by atoms with Gasteiger partial charge >= 0.3 is 0 Å². The van der Waals surface area contributed by atoms with Crippen molar-refractivity contribution in [1.29, 1.82) is 0 Å². The number of aromatic nitrogens is 2. The molecule has 6 heteroatoms. The van der Waals surface area contributed by atoms with E-state index in [9.17, 15) is 4.79 Å². The summed E-state index contributed by atoms with van der Waals surface area (Å²) in [4.78, 5) is 12.0. The number of nitrogens with one attached hydrogen (secondary N) is 2. The van der Waals surface area contributed by atoms with E-state index in [1.165, 1.54) is 6.21 Å². The van der Waals surface area contributed by atoms with Crippen LogP contribution in [0.3, 0.4) is 0 Å². The summed E-state index contributed by atoms with van der Waals surface area (Å²) in [6, 6.07) is 7.66. The molecule has 1 amide bonds. The summed E-state index contributed by atoms with van der Waals surface area (Å²) in [6.07, 6.45) is 8.05. The van der Waals surface area contributed by atoms with Crippen LogP contribution in [0.5, 0.6) is 5.75 Å². The lowest BCUT2D eigenvalue weighted by atomic mass is 10.2. The van der Waals surface area contributed by atoms with E-state index in [2.05, 4.69) is 20.7 Å². The first-order valence-corrected chi connectivity index (χ1v) is 7.49. The molecule has 2 N–H and O–H groups in total. The summed E-state index contributed by atoms with van der Waals surface area (Å²) in [7, 11) is 1.63. The van der Waals surface area contributed by atoms with Crippen molar-refractivity contribution in [2.45, 2.75) is 19.3 Å². The molecule has 0 spiro atoms. The van der Waals surface area contributed by atoms with Gasteiger partial charge in [0.2, 0.25) is 0 Å². The Hall–Kier alpha value is -2.89. The number of hydrogen-bond acceptors (Lipinski definition) is 4. The van der Waals surface area contributed by atoms with Gasteiger partial charge in [-0.15, -0.1) is 0 Å². The number of H-pyrrole nitrogens is 1. The zero-order valence-corrected chi connectivity index (χ0v) is 12.9. The molecule has 1 heterocycles. The normalized spacial score (nSPS) is 13.6. The summed E-state index contributed by atoms with van der Waals surface area (Å²) >= 11 is 0. The topological polar surface area (TPSA) is 79.4 Å². The number of allylic oxidation sites excluding steroid dienone is 1. The largest absolute Gasteiger partial charge is 0.496 e. The van der Waals surface area contributed by atoms with Crippen LogP contribution in [-0.2, 0) is 12.8 Å². The fourth-order valence-corrected chi connectivity index (χ4v) is 2.65. The molecule has 0 saturated carbocycles. The molecule has 118 valence electrons. The quantitative estimate of drug-likeness (QED) is 0.657. The Balaban J connectivity index is 1.58. The molecule has 1 aromatic heterocycles. The first kappa shape index (κ1) is 15.0. The number of carbonyl (C=O) groups is 1. The third kappa shape index (κ3) is 3.31. The summed E-state index contributed by atoms with van der Waals surface area (Å²) in [5.74, 6) is 0.500. The number of hydrogen-bond donors (Lipinski definition) is 2. The molecular weight excluding hydrogens is 292 g/mol. The molecule has 0 radical (unpaired) electrons. The van der Waals surface area contributed by atoms with E-state index in [1.54, 1.807) is 13.2 Å². The van der Waals surface area contributed by atoms with Crippen LogP contribution in [0.2, 0.25) is 0 Å². The van der Waals surface area contributed by atoms with Crippen LogP contribution >= 0.6 is 0 Å². The molecule has 0 saturated heterocycles. The molecule has 0 atom stereocenters. The molecule has 6 nitrogen and oxygen atoms in total. The summed E-state index contributed by atoms with van der Waals surface area (Å²) in [5.41, 5.74) is 5.97. The van der Waals surface area contributed by atoms with E-state index in [0.29, 0.717) is 5.69 Å². The maximum Gasteiger partial charge on any atom is 0.292 e.